The van der Waals surface area contributed by atoms with Crippen molar-refractivity contribution >= 4 is 19.8 Å². The molecule has 3 N–H and O–H groups in total. The van der Waals surface area contributed by atoms with Gasteiger partial charge in [0.05, 0.1) is 13.2 Å². The van der Waals surface area contributed by atoms with Crippen LogP contribution in [0.2, 0.25) is 0 Å². The van der Waals surface area contributed by atoms with Crippen molar-refractivity contribution in [1.29, 1.82) is 0 Å². The van der Waals surface area contributed by atoms with Gasteiger partial charge >= 0.3 is 19.8 Å². The largest absolute Gasteiger partial charge is 0.472 e. The molecule has 0 aromatic rings. The van der Waals surface area contributed by atoms with E-state index in [0.717, 1.165) is 64.2 Å². The van der Waals surface area contributed by atoms with Crippen LogP contribution < -0.4 is 5.73 Å². The highest BCUT2D eigenvalue weighted by atomic mass is 31.2. The molecule has 0 spiro atoms. The van der Waals surface area contributed by atoms with Crippen LogP contribution in [-0.4, -0.2) is 49.3 Å². The van der Waals surface area contributed by atoms with Crippen molar-refractivity contribution < 1.29 is 37.6 Å². The van der Waals surface area contributed by atoms with Crippen molar-refractivity contribution in [3.05, 3.63) is 36.5 Å². The summed E-state index contributed by atoms with van der Waals surface area (Å²) in [5.41, 5.74) is 5.38. The summed E-state index contributed by atoms with van der Waals surface area (Å²) < 4.78 is 33.0. The molecule has 0 saturated carbocycles. The minimum atomic E-state index is -4.39. The van der Waals surface area contributed by atoms with E-state index in [2.05, 4.69) is 50.3 Å². The molecule has 412 valence electrons. The third-order valence-electron chi connectivity index (χ3n) is 13.3. The summed E-state index contributed by atoms with van der Waals surface area (Å²) >= 11 is 0. The number of esters is 2. The lowest BCUT2D eigenvalue weighted by atomic mass is 10.0. The monoisotopic (exact) mass is 1010 g/mol. The number of hydrogen-bond donors (Lipinski definition) is 2. The molecule has 0 amide bonds. The zero-order chi connectivity index (χ0) is 51.0. The highest BCUT2D eigenvalue weighted by Crippen LogP contribution is 2.43. The van der Waals surface area contributed by atoms with Crippen LogP contribution in [0.5, 0.6) is 0 Å². The average molecular weight is 1010 g/mol. The maximum atomic E-state index is 12.7. The van der Waals surface area contributed by atoms with Crippen molar-refractivity contribution in [1.82, 2.24) is 0 Å². The van der Waals surface area contributed by atoms with E-state index in [1.807, 2.05) is 0 Å². The molecule has 0 aromatic heterocycles. The maximum absolute atomic E-state index is 12.7. The summed E-state index contributed by atoms with van der Waals surface area (Å²) in [4.78, 5) is 35.1. The molecule has 2 unspecified atom stereocenters. The van der Waals surface area contributed by atoms with Crippen LogP contribution in [0, 0.1) is 0 Å². The second-order valence-electron chi connectivity index (χ2n) is 20.2. The highest BCUT2D eigenvalue weighted by Gasteiger charge is 2.26. The fourth-order valence-electron chi connectivity index (χ4n) is 8.89. The Morgan fingerprint density at radius 1 is 0.443 bits per heavy atom. The van der Waals surface area contributed by atoms with E-state index in [1.165, 1.54) is 205 Å². The van der Waals surface area contributed by atoms with Gasteiger partial charge in [0.15, 0.2) is 6.10 Å². The Hall–Kier alpha value is -1.77. The van der Waals surface area contributed by atoms with E-state index in [9.17, 15) is 19.0 Å². The van der Waals surface area contributed by atoms with Gasteiger partial charge in [-0.25, -0.2) is 4.57 Å². The van der Waals surface area contributed by atoms with Gasteiger partial charge in [0, 0.05) is 19.4 Å². The van der Waals surface area contributed by atoms with Crippen molar-refractivity contribution in [2.75, 3.05) is 26.4 Å². The van der Waals surface area contributed by atoms with Gasteiger partial charge in [-0.05, 0) is 44.9 Å². The molecule has 0 heterocycles. The van der Waals surface area contributed by atoms with Crippen LogP contribution >= 0.6 is 7.82 Å². The SMILES string of the molecule is CC/C=C\C/C=C\C/C=C\CCCCCCCCCC(=O)OC(COC(=O)CCCCCCCCCCCCCCCCCCCCCCCCCCCCCCCCCC)COP(=O)(O)OCCN. The van der Waals surface area contributed by atoms with Gasteiger partial charge in [0.25, 0.3) is 0 Å². The molecule has 0 aliphatic heterocycles. The molecule has 0 aliphatic carbocycles. The van der Waals surface area contributed by atoms with Crippen molar-refractivity contribution in [2.45, 2.75) is 309 Å². The van der Waals surface area contributed by atoms with E-state index in [-0.39, 0.29) is 38.6 Å². The summed E-state index contributed by atoms with van der Waals surface area (Å²) in [7, 11) is -4.39. The van der Waals surface area contributed by atoms with E-state index in [4.69, 9.17) is 24.3 Å². The first-order chi connectivity index (χ1) is 34.3. The maximum Gasteiger partial charge on any atom is 0.472 e. The summed E-state index contributed by atoms with van der Waals surface area (Å²) in [6.07, 6.45) is 68.0. The number of nitrogens with two attached hydrogens (primary N) is 1. The Bertz CT molecular complexity index is 1240. The second-order valence-corrected chi connectivity index (χ2v) is 21.7. The second kappa shape index (κ2) is 56.5. The van der Waals surface area contributed by atoms with Crippen LogP contribution in [0.1, 0.15) is 303 Å². The molecule has 0 aromatic carbocycles. The number of hydrogen-bond acceptors (Lipinski definition) is 8. The number of phosphoric ester groups is 1. The zero-order valence-electron chi connectivity index (χ0n) is 46.0. The molecule has 0 aliphatic rings. The topological polar surface area (TPSA) is 134 Å². The van der Waals surface area contributed by atoms with Crippen LogP contribution in [0.3, 0.4) is 0 Å². The molecule has 9 nitrogen and oxygen atoms in total. The summed E-state index contributed by atoms with van der Waals surface area (Å²) in [6, 6.07) is 0. The first-order valence-electron chi connectivity index (χ1n) is 30.0. The predicted octanol–water partition coefficient (Wildman–Crippen LogP) is 18.8. The summed E-state index contributed by atoms with van der Waals surface area (Å²) in [6.45, 7) is 3.67. The molecule has 2 atom stereocenters. The minimum Gasteiger partial charge on any atom is -0.462 e. The Balaban J connectivity index is 3.83. The Morgan fingerprint density at radius 3 is 1.17 bits per heavy atom. The number of carbonyl (C=O) groups excluding carboxylic acids is 2. The summed E-state index contributed by atoms with van der Waals surface area (Å²) in [5.74, 6) is -0.826. The minimum absolute atomic E-state index is 0.0524. The zero-order valence-corrected chi connectivity index (χ0v) is 46.9. The molecule has 0 fully saturated rings. The Labute approximate surface area is 433 Å². The molecule has 0 bridgehead atoms. The number of allylic oxidation sites excluding steroid dienone is 6. The quantitative estimate of drug-likeness (QED) is 0.0264. The Morgan fingerprint density at radius 2 is 0.786 bits per heavy atom. The first kappa shape index (κ1) is 68.2. The predicted molar refractivity (Wildman–Crippen MR) is 298 cm³/mol. The Kier molecular flexibility index (Phi) is 55.1. The first-order valence-corrected chi connectivity index (χ1v) is 31.5. The van der Waals surface area contributed by atoms with Crippen LogP contribution in [-0.2, 0) is 32.7 Å². The number of unbranched alkanes of at least 4 members (excludes halogenated alkanes) is 38. The lowest BCUT2D eigenvalue weighted by Crippen LogP contribution is -2.29. The van der Waals surface area contributed by atoms with Crippen molar-refractivity contribution in [2.24, 2.45) is 5.73 Å². The molecule has 0 radical (unpaired) electrons. The fraction of sp³-hybridized carbons (Fsp3) is 0.867. The van der Waals surface area contributed by atoms with Crippen LogP contribution in [0.4, 0.5) is 0 Å². The van der Waals surface area contributed by atoms with Gasteiger partial charge in [-0.1, -0.05) is 281 Å². The smallest absolute Gasteiger partial charge is 0.462 e. The van der Waals surface area contributed by atoms with Gasteiger partial charge in [0.2, 0.25) is 0 Å². The normalized spacial score (nSPS) is 13.3. The van der Waals surface area contributed by atoms with Gasteiger partial charge in [-0.3, -0.25) is 18.6 Å². The number of carbonyl (C=O) groups is 2. The number of rotatable bonds is 57. The van der Waals surface area contributed by atoms with E-state index in [1.54, 1.807) is 0 Å². The summed E-state index contributed by atoms with van der Waals surface area (Å²) in [5, 5.41) is 0. The van der Waals surface area contributed by atoms with Gasteiger partial charge in [-0.2, -0.15) is 0 Å². The standard InChI is InChI=1S/C60H114NO8P/c1-3-5-7-9-11-13-15-17-19-21-22-23-24-25-26-27-28-29-30-31-32-33-34-35-37-38-40-42-44-46-48-50-52-59(62)66-56-58(57-68-70(64,65)67-55-54-61)69-60(63)53-51-49-47-45-43-41-39-36-20-18-16-14-12-10-8-6-4-2/h6,8,12,14,18,20,58H,3-5,7,9-11,13,15-17,19,21-57,61H2,1-2H3,(H,64,65)/b8-6-,14-12-,20-18-. The lowest BCUT2D eigenvalue weighted by molar-refractivity contribution is -0.161. The van der Waals surface area contributed by atoms with E-state index in [0.29, 0.717) is 6.42 Å². The molecule has 10 heteroatoms. The molecular weight excluding hydrogens is 894 g/mol. The molecule has 0 rings (SSSR count). The van der Waals surface area contributed by atoms with Crippen molar-refractivity contribution in [3.63, 3.8) is 0 Å². The van der Waals surface area contributed by atoms with Crippen LogP contribution in [0.15, 0.2) is 36.5 Å². The third kappa shape index (κ3) is 55.5. The van der Waals surface area contributed by atoms with E-state index >= 15 is 0 Å². The van der Waals surface area contributed by atoms with E-state index < -0.39 is 26.5 Å². The fourth-order valence-corrected chi connectivity index (χ4v) is 9.65. The lowest BCUT2D eigenvalue weighted by Gasteiger charge is -2.19. The molecular formula is C60H114NO8P. The average Bonchev–Trinajstić information content (AvgIpc) is 3.35. The highest BCUT2D eigenvalue weighted by molar-refractivity contribution is 7.47. The van der Waals surface area contributed by atoms with Crippen LogP contribution in [0.25, 0.3) is 0 Å². The molecule has 0 saturated heterocycles. The third-order valence-corrected chi connectivity index (χ3v) is 14.3. The van der Waals surface area contributed by atoms with Gasteiger partial charge in [0.1, 0.15) is 6.61 Å². The van der Waals surface area contributed by atoms with Gasteiger partial charge < -0.3 is 20.1 Å². The molecule has 70 heavy (non-hydrogen) atoms. The number of ether oxygens (including phenoxy) is 2. The van der Waals surface area contributed by atoms with Crippen molar-refractivity contribution in [3.8, 4) is 0 Å². The number of phosphoric acid groups is 1. The van der Waals surface area contributed by atoms with Gasteiger partial charge in [-0.15, -0.1) is 0 Å².